The van der Waals surface area contributed by atoms with E-state index in [9.17, 15) is 14.4 Å². The fourth-order valence-electron chi connectivity index (χ4n) is 9.00. The molecule has 0 unspecified atom stereocenters. The third-order valence-electron chi connectivity index (χ3n) is 12.7. The van der Waals surface area contributed by atoms with Crippen LogP contribution in [0.1, 0.15) is 83.0 Å². The van der Waals surface area contributed by atoms with Crippen LogP contribution in [0.15, 0.2) is 35.4 Å². The number of benzene rings is 1. The molecule has 4 aliphatic rings. The zero-order valence-electron chi connectivity index (χ0n) is 37.0. The van der Waals surface area contributed by atoms with E-state index in [2.05, 4.69) is 30.7 Å². The van der Waals surface area contributed by atoms with E-state index in [1.165, 1.54) is 18.5 Å². The number of anilines is 3. The fourth-order valence-corrected chi connectivity index (χ4v) is 9.00. The molecular weight excluding hydrogens is 841 g/mol. The Bertz CT molecular complexity index is 2530. The lowest BCUT2D eigenvalue weighted by Crippen LogP contribution is -2.49. The molecule has 1 atom stereocenters. The Labute approximate surface area is 374 Å². The summed E-state index contributed by atoms with van der Waals surface area (Å²) >= 11 is 0. The Morgan fingerprint density at radius 1 is 0.938 bits per heavy atom. The Morgan fingerprint density at radius 2 is 1.66 bits per heavy atom. The van der Waals surface area contributed by atoms with Crippen LogP contribution in [-0.4, -0.2) is 127 Å². The number of piperazine rings is 1. The number of rotatable bonds is 14. The molecule has 344 valence electrons. The minimum atomic E-state index is -0.731. The Kier molecular flexibility index (Phi) is 12.5. The van der Waals surface area contributed by atoms with Crippen LogP contribution in [0.5, 0.6) is 0 Å². The number of aromatic nitrogens is 7. The van der Waals surface area contributed by atoms with Gasteiger partial charge in [0.05, 0.1) is 36.1 Å². The average molecular weight is 896 g/mol. The molecule has 0 bridgehead atoms. The quantitative estimate of drug-likeness (QED) is 0.102. The van der Waals surface area contributed by atoms with Crippen LogP contribution in [0.4, 0.5) is 26.0 Å². The van der Waals surface area contributed by atoms with Gasteiger partial charge in [0.2, 0.25) is 17.7 Å². The number of piperidine rings is 2. The third kappa shape index (κ3) is 9.64. The zero-order valence-corrected chi connectivity index (χ0v) is 37.0. The van der Waals surface area contributed by atoms with Crippen LogP contribution in [0.25, 0.3) is 33.8 Å². The van der Waals surface area contributed by atoms with Gasteiger partial charge < -0.3 is 30.1 Å². The van der Waals surface area contributed by atoms with Gasteiger partial charge in [-0.3, -0.25) is 24.6 Å². The number of nitrogens with two attached hydrogens (primary N) is 1. The summed E-state index contributed by atoms with van der Waals surface area (Å²) in [6.45, 7) is 11.4. The minimum Gasteiger partial charge on any atom is -0.383 e. The van der Waals surface area contributed by atoms with Crippen molar-refractivity contribution in [3.63, 3.8) is 0 Å². The number of nitrogen functional groups attached to an aromatic ring is 1. The van der Waals surface area contributed by atoms with Gasteiger partial charge in [0, 0.05) is 76.2 Å². The number of amides is 3. The SMILES string of the molecule is CC(C)(C)n1nc(-c2noc(C3CC3)c2-c2ncc(CCOCCC(=O)N3CCC(CN4CCN(c5c(F)cc(N[C@H]6CCC(=O)NC6=O)cc5F)CC4)CC3)cn2)c2c(N)ncnc21. The first-order valence-corrected chi connectivity index (χ1v) is 22.5. The maximum Gasteiger partial charge on any atom is 0.249 e. The average Bonchev–Trinajstić information content (AvgIpc) is 3.90. The summed E-state index contributed by atoms with van der Waals surface area (Å²) in [5, 5.41) is 15.1. The number of carbonyl (C=O) groups is 3. The predicted molar refractivity (Wildman–Crippen MR) is 236 cm³/mol. The molecule has 5 aromatic rings. The topological polar surface area (TPSA) is 216 Å². The van der Waals surface area contributed by atoms with E-state index in [1.807, 2.05) is 30.4 Å². The van der Waals surface area contributed by atoms with Gasteiger partial charge in [-0.1, -0.05) is 5.16 Å². The van der Waals surface area contributed by atoms with Gasteiger partial charge in [-0.05, 0) is 82.9 Å². The van der Waals surface area contributed by atoms with Gasteiger partial charge in [0.15, 0.2) is 28.9 Å². The molecule has 7 heterocycles. The Hall–Kier alpha value is -6.15. The predicted octanol–water partition coefficient (Wildman–Crippen LogP) is 4.66. The van der Waals surface area contributed by atoms with Crippen LogP contribution in [0.2, 0.25) is 0 Å². The molecule has 18 nitrogen and oxygen atoms in total. The summed E-state index contributed by atoms with van der Waals surface area (Å²) in [5.74, 6) is -0.00235. The summed E-state index contributed by atoms with van der Waals surface area (Å²) in [6, 6.07) is 1.67. The largest absolute Gasteiger partial charge is 0.383 e. The van der Waals surface area contributed by atoms with Gasteiger partial charge in [0.25, 0.3) is 0 Å². The van der Waals surface area contributed by atoms with Gasteiger partial charge >= 0.3 is 0 Å². The highest BCUT2D eigenvalue weighted by molar-refractivity contribution is 6.02. The second-order valence-electron chi connectivity index (χ2n) is 18.5. The van der Waals surface area contributed by atoms with Crippen molar-refractivity contribution < 1.29 is 32.4 Å². The molecule has 9 rings (SSSR count). The van der Waals surface area contributed by atoms with Crippen LogP contribution >= 0.6 is 0 Å². The molecule has 4 aromatic heterocycles. The first kappa shape index (κ1) is 44.1. The maximum absolute atomic E-state index is 15.2. The second-order valence-corrected chi connectivity index (χ2v) is 18.5. The number of nitrogens with zero attached hydrogens (tertiary/aromatic N) is 10. The van der Waals surface area contributed by atoms with Crippen LogP contribution in [0, 0.1) is 17.6 Å². The molecule has 3 amide bonds. The molecule has 3 aliphatic heterocycles. The molecule has 4 N–H and O–H groups in total. The molecule has 65 heavy (non-hydrogen) atoms. The highest BCUT2D eigenvalue weighted by Crippen LogP contribution is 2.48. The number of halogens is 2. The number of hydrogen-bond acceptors (Lipinski definition) is 15. The fraction of sp³-hybridized carbons (Fsp3) is 0.533. The molecule has 0 spiro atoms. The van der Waals surface area contributed by atoms with Gasteiger partial charge in [-0.25, -0.2) is 33.4 Å². The van der Waals surface area contributed by atoms with E-state index in [0.717, 1.165) is 43.6 Å². The van der Waals surface area contributed by atoms with Crippen molar-refractivity contribution in [2.24, 2.45) is 5.92 Å². The van der Waals surface area contributed by atoms with Crippen LogP contribution < -0.4 is 21.3 Å². The summed E-state index contributed by atoms with van der Waals surface area (Å²) in [4.78, 5) is 60.8. The van der Waals surface area contributed by atoms with Crippen molar-refractivity contribution in [1.29, 1.82) is 0 Å². The highest BCUT2D eigenvalue weighted by Gasteiger charge is 2.37. The number of carbonyl (C=O) groups excluding carboxylic acids is 3. The molecular formula is C45H55F2N13O5. The van der Waals surface area contributed by atoms with Crippen molar-refractivity contribution in [3.05, 3.63) is 53.8 Å². The number of fused-ring (bicyclic) bond motifs is 1. The molecule has 4 fully saturated rings. The molecule has 1 aliphatic carbocycles. The van der Waals surface area contributed by atoms with E-state index in [1.54, 1.807) is 17.3 Å². The first-order valence-electron chi connectivity index (χ1n) is 22.5. The van der Waals surface area contributed by atoms with Crippen molar-refractivity contribution >= 4 is 45.9 Å². The van der Waals surface area contributed by atoms with Crippen molar-refractivity contribution in [2.45, 2.75) is 89.6 Å². The Balaban J connectivity index is 0.705. The van der Waals surface area contributed by atoms with Crippen molar-refractivity contribution in [1.82, 2.24) is 50.0 Å². The minimum absolute atomic E-state index is 0.0725. The summed E-state index contributed by atoms with van der Waals surface area (Å²) in [7, 11) is 0. The molecule has 3 saturated heterocycles. The second kappa shape index (κ2) is 18.4. The Morgan fingerprint density at radius 3 is 2.34 bits per heavy atom. The number of hydrogen-bond donors (Lipinski definition) is 3. The van der Waals surface area contributed by atoms with Gasteiger partial charge in [-0.15, -0.1) is 0 Å². The monoisotopic (exact) mass is 895 g/mol. The maximum atomic E-state index is 15.2. The van der Waals surface area contributed by atoms with Gasteiger partial charge in [-0.2, -0.15) is 5.10 Å². The van der Waals surface area contributed by atoms with E-state index < -0.39 is 23.6 Å². The smallest absolute Gasteiger partial charge is 0.249 e. The van der Waals surface area contributed by atoms with Crippen LogP contribution in [-0.2, 0) is 31.1 Å². The van der Waals surface area contributed by atoms with Crippen LogP contribution in [0.3, 0.4) is 0 Å². The lowest BCUT2D eigenvalue weighted by Gasteiger charge is -2.39. The van der Waals surface area contributed by atoms with Crippen molar-refractivity contribution in [2.75, 3.05) is 75.0 Å². The molecule has 1 saturated carbocycles. The third-order valence-corrected chi connectivity index (χ3v) is 12.7. The summed E-state index contributed by atoms with van der Waals surface area (Å²) in [6.07, 6.45) is 10.1. The van der Waals surface area contributed by atoms with Gasteiger partial charge in [0.1, 0.15) is 35.3 Å². The molecule has 20 heteroatoms. The summed E-state index contributed by atoms with van der Waals surface area (Å²) in [5.41, 5.74) is 9.30. The lowest BCUT2D eigenvalue weighted by molar-refractivity contribution is -0.134. The molecule has 0 radical (unpaired) electrons. The molecule has 1 aromatic carbocycles. The van der Waals surface area contributed by atoms with E-state index in [0.29, 0.717) is 111 Å². The number of imide groups is 1. The number of likely N-dealkylation sites (tertiary alicyclic amines) is 1. The highest BCUT2D eigenvalue weighted by atomic mass is 19.1. The van der Waals surface area contributed by atoms with E-state index in [4.69, 9.17) is 30.1 Å². The van der Waals surface area contributed by atoms with Crippen molar-refractivity contribution in [3.8, 4) is 22.8 Å². The lowest BCUT2D eigenvalue weighted by atomic mass is 9.95. The number of nitrogens with one attached hydrogen (secondary N) is 2. The normalized spacial score (nSPS) is 19.0. The first-order chi connectivity index (χ1) is 31.3. The number of ether oxygens (including phenoxy) is 1. The zero-order chi connectivity index (χ0) is 45.4. The van der Waals surface area contributed by atoms with E-state index >= 15 is 8.78 Å². The summed E-state index contributed by atoms with van der Waals surface area (Å²) < 4.78 is 44.1. The van der Waals surface area contributed by atoms with E-state index in [-0.39, 0.29) is 47.5 Å². The standard InChI is InChI=1S/C45H55F2N13O5/c1-45(2,3)60-43-36(41(48)51-25-52-43)37(55-60)38-35(40(65-56-38)28-4-5-28)42-49-22-27(23-50-42)10-18-64-19-11-34(62)58-12-8-26(9-13-58)24-57-14-16-59(17-15-57)39-30(46)20-29(21-31(39)47)53-32-6-7-33(61)54-44(32)63/h20-23,25-26,28,32,53H,4-19,24H2,1-3H3,(H2,48,51,52)(H,54,61,63)/t32-/m0/s1.